The maximum Gasteiger partial charge on any atom is 0.145 e. The van der Waals surface area contributed by atoms with Crippen molar-refractivity contribution in [1.82, 2.24) is 5.32 Å². The van der Waals surface area contributed by atoms with Crippen LogP contribution in [0.5, 0.6) is 5.75 Å². The second kappa shape index (κ2) is 11.8. The first-order chi connectivity index (χ1) is 15.6. The highest BCUT2D eigenvalue weighted by molar-refractivity contribution is 8.03. The summed E-state index contributed by atoms with van der Waals surface area (Å²) in [5.74, 6) is 2.13. The van der Waals surface area contributed by atoms with Crippen molar-refractivity contribution in [1.29, 1.82) is 10.5 Å². The Labute approximate surface area is 194 Å². The molecule has 0 radical (unpaired) electrons. The Morgan fingerprint density at radius 2 is 1.78 bits per heavy atom. The van der Waals surface area contributed by atoms with E-state index in [1.165, 1.54) is 0 Å². The van der Waals surface area contributed by atoms with Crippen LogP contribution in [0.4, 0.5) is 0 Å². The molecule has 0 saturated carbocycles. The molecule has 0 amide bonds. The highest BCUT2D eigenvalue weighted by atomic mass is 32.2. The normalized spacial score (nSPS) is 18.3. The predicted molar refractivity (Wildman–Crippen MR) is 127 cm³/mol. The van der Waals surface area contributed by atoms with Crippen molar-refractivity contribution >= 4 is 17.3 Å². The van der Waals surface area contributed by atoms with Crippen molar-refractivity contribution in [3.05, 3.63) is 57.7 Å². The molecule has 1 aromatic carbocycles. The van der Waals surface area contributed by atoms with E-state index in [0.29, 0.717) is 35.9 Å². The standard InChI is InChI=1S/C25H29N3O3S/c1-4-5-24(32-16-18-12-29-13-18)23(11-27)25(22(10-26)17(2)28-3)19-6-8-20(9-7-19)31-21-14-30-15-21/h5-9,18,21,28H,4,12-16H2,1-3H3/b22-17+,24-5-,25-23-. The Hall–Kier alpha value is -2.71. The lowest BCUT2D eigenvalue weighted by atomic mass is 9.92. The number of thioether (sulfide) groups is 1. The van der Waals surface area contributed by atoms with Crippen molar-refractivity contribution in [2.75, 3.05) is 39.2 Å². The number of allylic oxidation sites excluding steroid dienone is 5. The van der Waals surface area contributed by atoms with Crippen LogP contribution in [0.1, 0.15) is 25.8 Å². The molecule has 32 heavy (non-hydrogen) atoms. The van der Waals surface area contributed by atoms with Gasteiger partial charge in [-0.25, -0.2) is 0 Å². The zero-order valence-electron chi connectivity index (χ0n) is 18.8. The molecule has 0 unspecified atom stereocenters. The van der Waals surface area contributed by atoms with E-state index in [1.54, 1.807) is 18.8 Å². The largest absolute Gasteiger partial charge is 0.486 e. The third-order valence-corrected chi connectivity index (χ3v) is 6.66. The number of rotatable bonds is 10. The van der Waals surface area contributed by atoms with Gasteiger partial charge >= 0.3 is 0 Å². The molecule has 0 spiro atoms. The number of hydrogen-bond acceptors (Lipinski definition) is 7. The molecule has 7 heteroatoms. The van der Waals surface area contributed by atoms with Gasteiger partial charge in [-0.05, 0) is 31.0 Å². The van der Waals surface area contributed by atoms with Gasteiger partial charge in [-0.3, -0.25) is 0 Å². The van der Waals surface area contributed by atoms with Gasteiger partial charge in [-0.1, -0.05) is 25.1 Å². The second-order valence-electron chi connectivity index (χ2n) is 7.72. The number of nitriles is 2. The molecule has 0 aliphatic carbocycles. The molecule has 2 aliphatic heterocycles. The van der Waals surface area contributed by atoms with Crippen LogP contribution in [0.2, 0.25) is 0 Å². The fourth-order valence-corrected chi connectivity index (χ4v) is 4.47. The molecule has 6 nitrogen and oxygen atoms in total. The lowest BCUT2D eigenvalue weighted by molar-refractivity contribution is -0.0796. The maximum atomic E-state index is 10.2. The zero-order valence-corrected chi connectivity index (χ0v) is 19.6. The summed E-state index contributed by atoms with van der Waals surface area (Å²) < 4.78 is 16.3. The zero-order chi connectivity index (χ0) is 22.9. The smallest absolute Gasteiger partial charge is 0.145 e. The molecule has 2 saturated heterocycles. The van der Waals surface area contributed by atoms with Crippen LogP contribution < -0.4 is 10.1 Å². The average Bonchev–Trinajstić information content (AvgIpc) is 2.75. The number of nitrogens with zero attached hydrogens (tertiary/aromatic N) is 2. The van der Waals surface area contributed by atoms with Gasteiger partial charge in [0.25, 0.3) is 0 Å². The van der Waals surface area contributed by atoms with Gasteiger partial charge in [0.05, 0.1) is 37.6 Å². The highest BCUT2D eigenvalue weighted by Gasteiger charge is 2.24. The minimum Gasteiger partial charge on any atom is -0.486 e. The van der Waals surface area contributed by atoms with Crippen LogP contribution in [0.15, 0.2) is 52.1 Å². The van der Waals surface area contributed by atoms with Crippen molar-refractivity contribution < 1.29 is 14.2 Å². The van der Waals surface area contributed by atoms with Gasteiger partial charge in [0.2, 0.25) is 0 Å². The Morgan fingerprint density at radius 3 is 2.25 bits per heavy atom. The van der Waals surface area contributed by atoms with Crippen LogP contribution in [0.3, 0.4) is 0 Å². The number of ether oxygens (including phenoxy) is 3. The second-order valence-corrected chi connectivity index (χ2v) is 8.78. The van der Waals surface area contributed by atoms with Crippen molar-refractivity contribution in [3.63, 3.8) is 0 Å². The lowest BCUT2D eigenvalue weighted by Gasteiger charge is -2.27. The molecule has 0 bridgehead atoms. The minimum atomic E-state index is 0.0811. The van der Waals surface area contributed by atoms with E-state index < -0.39 is 0 Å². The van der Waals surface area contributed by atoms with Crippen LogP contribution in [0, 0.1) is 28.6 Å². The summed E-state index contributed by atoms with van der Waals surface area (Å²) in [5.41, 5.74) is 3.14. The Kier molecular flexibility index (Phi) is 8.81. The number of benzene rings is 1. The van der Waals surface area contributed by atoms with Crippen molar-refractivity contribution in [3.8, 4) is 17.9 Å². The molecule has 3 rings (SSSR count). The lowest BCUT2D eigenvalue weighted by Crippen LogP contribution is -2.38. The number of nitrogens with one attached hydrogen (secondary N) is 1. The van der Waals surface area contributed by atoms with Crippen LogP contribution in [-0.2, 0) is 9.47 Å². The monoisotopic (exact) mass is 451 g/mol. The first-order valence-electron chi connectivity index (χ1n) is 10.8. The average molecular weight is 452 g/mol. The summed E-state index contributed by atoms with van der Waals surface area (Å²) in [6, 6.07) is 12.3. The Bertz CT molecular complexity index is 975. The van der Waals surface area contributed by atoms with Crippen LogP contribution >= 0.6 is 11.8 Å². The van der Waals surface area contributed by atoms with E-state index in [-0.39, 0.29) is 6.10 Å². The molecule has 1 N–H and O–H groups in total. The van der Waals surface area contributed by atoms with E-state index >= 15 is 0 Å². The highest BCUT2D eigenvalue weighted by Crippen LogP contribution is 2.37. The quantitative estimate of drug-likeness (QED) is 0.416. The number of hydrogen-bond donors (Lipinski definition) is 1. The SMILES string of the molecule is CC/C=C(SCC1COC1)/C(C#N)=C(\C(C#N)=C(/C)NC)c1ccc(OC2COC2)cc1. The van der Waals surface area contributed by atoms with Gasteiger partial charge in [-0.15, -0.1) is 11.8 Å². The van der Waals surface area contributed by atoms with Crippen LogP contribution in [0.25, 0.3) is 5.57 Å². The van der Waals surface area contributed by atoms with Gasteiger partial charge in [0.1, 0.15) is 24.0 Å². The van der Waals surface area contributed by atoms with E-state index in [2.05, 4.69) is 30.5 Å². The van der Waals surface area contributed by atoms with E-state index in [4.69, 9.17) is 14.2 Å². The molecule has 2 fully saturated rings. The summed E-state index contributed by atoms with van der Waals surface area (Å²) in [4.78, 5) is 0.903. The molecule has 2 aliphatic rings. The third kappa shape index (κ3) is 5.75. The van der Waals surface area contributed by atoms with E-state index in [0.717, 1.165) is 47.3 Å². The first kappa shape index (κ1) is 23.9. The molecule has 0 atom stereocenters. The van der Waals surface area contributed by atoms with Crippen LogP contribution in [-0.4, -0.2) is 45.3 Å². The van der Waals surface area contributed by atoms with Crippen molar-refractivity contribution in [2.24, 2.45) is 5.92 Å². The Balaban J connectivity index is 2.04. The summed E-state index contributed by atoms with van der Waals surface area (Å²) >= 11 is 1.66. The fourth-order valence-electron chi connectivity index (χ4n) is 3.28. The summed E-state index contributed by atoms with van der Waals surface area (Å²) in [6.07, 6.45) is 2.95. The van der Waals surface area contributed by atoms with Crippen molar-refractivity contribution in [2.45, 2.75) is 26.4 Å². The van der Waals surface area contributed by atoms with Gasteiger partial charge < -0.3 is 19.5 Å². The molecular weight excluding hydrogens is 422 g/mol. The molecule has 1 aromatic rings. The molecule has 0 aromatic heterocycles. The maximum absolute atomic E-state index is 10.2. The predicted octanol–water partition coefficient (Wildman–Crippen LogP) is 4.43. The topological polar surface area (TPSA) is 87.3 Å². The van der Waals surface area contributed by atoms with Gasteiger partial charge in [-0.2, -0.15) is 10.5 Å². The minimum absolute atomic E-state index is 0.0811. The third-order valence-electron chi connectivity index (χ3n) is 5.34. The summed E-state index contributed by atoms with van der Waals surface area (Å²) in [5, 5.41) is 23.3. The molecular formula is C25H29N3O3S. The van der Waals surface area contributed by atoms with Gasteiger partial charge in [0, 0.05) is 34.9 Å². The van der Waals surface area contributed by atoms with E-state index in [9.17, 15) is 10.5 Å². The molecule has 2 heterocycles. The first-order valence-corrected chi connectivity index (χ1v) is 11.8. The van der Waals surface area contributed by atoms with E-state index in [1.807, 2.05) is 31.2 Å². The fraction of sp³-hybridized carbons (Fsp3) is 0.440. The molecule has 168 valence electrons. The Morgan fingerprint density at radius 1 is 1.12 bits per heavy atom. The summed E-state index contributed by atoms with van der Waals surface area (Å²) in [6.45, 7) is 6.63. The van der Waals surface area contributed by atoms with Gasteiger partial charge in [0.15, 0.2) is 0 Å². The summed E-state index contributed by atoms with van der Waals surface area (Å²) in [7, 11) is 1.78.